The Labute approximate surface area is 148 Å². The van der Waals surface area contributed by atoms with Gasteiger partial charge in [0.1, 0.15) is 12.4 Å². The number of hydrogen-bond acceptors (Lipinski definition) is 2. The van der Waals surface area contributed by atoms with Crippen LogP contribution in [0.25, 0.3) is 0 Å². The Hall–Kier alpha value is -2.19. The van der Waals surface area contributed by atoms with Gasteiger partial charge in [-0.05, 0) is 48.2 Å². The highest BCUT2D eigenvalue weighted by molar-refractivity contribution is 7.98. The molecular weight excluding hydrogens is 312 g/mol. The molecule has 0 aliphatic carbocycles. The lowest BCUT2D eigenvalue weighted by atomic mass is 10.1. The Kier molecular flexibility index (Phi) is 5.60. The van der Waals surface area contributed by atoms with Gasteiger partial charge in [0, 0.05) is 10.6 Å². The van der Waals surface area contributed by atoms with E-state index in [1.165, 1.54) is 27.1 Å². The number of hydrogen-bond donors (Lipinski definition) is 0. The molecule has 24 heavy (non-hydrogen) atoms. The van der Waals surface area contributed by atoms with Crippen molar-refractivity contribution in [3.63, 3.8) is 0 Å². The van der Waals surface area contributed by atoms with Crippen molar-refractivity contribution in [3.8, 4) is 5.75 Å². The standard InChI is InChI=1S/C22H22OS/c1-17-8-6-9-18(2)22(17)23-15-19-10-7-11-20(14-19)16-24-21-12-4-3-5-13-21/h3-14H,15-16H2,1-2H3. The molecule has 0 amide bonds. The molecule has 0 aromatic heterocycles. The highest BCUT2D eigenvalue weighted by Crippen LogP contribution is 2.25. The average Bonchev–Trinajstić information content (AvgIpc) is 2.61. The second kappa shape index (κ2) is 8.07. The third-order valence-electron chi connectivity index (χ3n) is 3.93. The van der Waals surface area contributed by atoms with Crippen molar-refractivity contribution in [2.24, 2.45) is 0 Å². The van der Waals surface area contributed by atoms with Crippen molar-refractivity contribution in [2.45, 2.75) is 31.1 Å². The second-order valence-electron chi connectivity index (χ2n) is 5.93. The normalized spacial score (nSPS) is 10.6. The lowest BCUT2D eigenvalue weighted by molar-refractivity contribution is 0.302. The summed E-state index contributed by atoms with van der Waals surface area (Å²) >= 11 is 1.86. The molecule has 2 heteroatoms. The van der Waals surface area contributed by atoms with Crippen molar-refractivity contribution in [3.05, 3.63) is 95.1 Å². The van der Waals surface area contributed by atoms with Crippen LogP contribution in [0.2, 0.25) is 0 Å². The van der Waals surface area contributed by atoms with Crippen molar-refractivity contribution in [1.29, 1.82) is 0 Å². The lowest BCUT2D eigenvalue weighted by Crippen LogP contribution is -1.99. The molecule has 0 radical (unpaired) electrons. The minimum Gasteiger partial charge on any atom is -0.488 e. The maximum Gasteiger partial charge on any atom is 0.125 e. The Morgan fingerprint density at radius 2 is 1.42 bits per heavy atom. The topological polar surface area (TPSA) is 9.23 Å². The van der Waals surface area contributed by atoms with Gasteiger partial charge in [0.15, 0.2) is 0 Å². The summed E-state index contributed by atoms with van der Waals surface area (Å²) in [6.45, 7) is 4.79. The van der Waals surface area contributed by atoms with E-state index >= 15 is 0 Å². The van der Waals surface area contributed by atoms with Gasteiger partial charge in [-0.2, -0.15) is 0 Å². The Morgan fingerprint density at radius 3 is 2.17 bits per heavy atom. The molecule has 1 nitrogen and oxygen atoms in total. The zero-order valence-electron chi connectivity index (χ0n) is 14.2. The van der Waals surface area contributed by atoms with Crippen LogP contribution in [-0.2, 0) is 12.4 Å². The molecule has 0 aliphatic heterocycles. The summed E-state index contributed by atoms with van der Waals surface area (Å²) in [5.41, 5.74) is 4.91. The fourth-order valence-corrected chi connectivity index (χ4v) is 3.54. The fourth-order valence-electron chi connectivity index (χ4n) is 2.67. The maximum atomic E-state index is 6.06. The first-order chi connectivity index (χ1) is 11.7. The molecule has 0 unspecified atom stereocenters. The van der Waals surface area contributed by atoms with Crippen LogP contribution in [0.15, 0.2) is 77.7 Å². The number of benzene rings is 3. The maximum absolute atomic E-state index is 6.06. The van der Waals surface area contributed by atoms with Crippen LogP contribution in [0.1, 0.15) is 22.3 Å². The van der Waals surface area contributed by atoms with Crippen molar-refractivity contribution in [2.75, 3.05) is 0 Å². The van der Waals surface area contributed by atoms with Crippen LogP contribution >= 0.6 is 11.8 Å². The number of thioether (sulfide) groups is 1. The molecule has 0 bridgehead atoms. The van der Waals surface area contributed by atoms with E-state index in [-0.39, 0.29) is 0 Å². The van der Waals surface area contributed by atoms with Crippen molar-refractivity contribution in [1.82, 2.24) is 0 Å². The molecule has 0 saturated carbocycles. The smallest absolute Gasteiger partial charge is 0.125 e. The van der Waals surface area contributed by atoms with E-state index in [1.807, 2.05) is 11.8 Å². The first kappa shape index (κ1) is 16.7. The van der Waals surface area contributed by atoms with Gasteiger partial charge < -0.3 is 4.74 Å². The summed E-state index contributed by atoms with van der Waals surface area (Å²) in [6, 6.07) is 25.4. The van der Waals surface area contributed by atoms with E-state index < -0.39 is 0 Å². The van der Waals surface area contributed by atoms with Crippen molar-refractivity contribution < 1.29 is 4.74 Å². The van der Waals surface area contributed by atoms with Gasteiger partial charge in [0.2, 0.25) is 0 Å². The minimum absolute atomic E-state index is 0.607. The van der Waals surface area contributed by atoms with Gasteiger partial charge in [-0.25, -0.2) is 0 Å². The first-order valence-electron chi connectivity index (χ1n) is 8.17. The summed E-state index contributed by atoms with van der Waals surface area (Å²) < 4.78 is 6.06. The largest absolute Gasteiger partial charge is 0.488 e. The summed E-state index contributed by atoms with van der Waals surface area (Å²) in [6.07, 6.45) is 0. The number of aryl methyl sites for hydroxylation is 2. The molecule has 0 spiro atoms. The number of rotatable bonds is 6. The predicted molar refractivity (Wildman–Crippen MR) is 103 cm³/mol. The molecule has 122 valence electrons. The summed E-state index contributed by atoms with van der Waals surface area (Å²) in [4.78, 5) is 1.30. The van der Waals surface area contributed by atoms with Crippen LogP contribution in [-0.4, -0.2) is 0 Å². The van der Waals surface area contributed by atoms with Crippen LogP contribution in [0.5, 0.6) is 5.75 Å². The summed E-state index contributed by atoms with van der Waals surface area (Å²) in [5, 5.41) is 0. The summed E-state index contributed by atoms with van der Waals surface area (Å²) in [7, 11) is 0. The van der Waals surface area contributed by atoms with E-state index in [9.17, 15) is 0 Å². The van der Waals surface area contributed by atoms with E-state index in [1.54, 1.807) is 0 Å². The monoisotopic (exact) mass is 334 g/mol. The fraction of sp³-hybridized carbons (Fsp3) is 0.182. The van der Waals surface area contributed by atoms with Gasteiger partial charge in [-0.1, -0.05) is 60.7 Å². The van der Waals surface area contributed by atoms with E-state index in [0.717, 1.165) is 11.5 Å². The third kappa shape index (κ3) is 4.42. The highest BCUT2D eigenvalue weighted by Gasteiger charge is 2.04. The van der Waals surface area contributed by atoms with Crippen LogP contribution < -0.4 is 4.74 Å². The van der Waals surface area contributed by atoms with Crippen molar-refractivity contribution >= 4 is 11.8 Å². The molecule has 3 rings (SSSR count). The van der Waals surface area contributed by atoms with E-state index in [2.05, 4.69) is 86.6 Å². The van der Waals surface area contributed by atoms with Gasteiger partial charge in [-0.3, -0.25) is 0 Å². The molecule has 0 fully saturated rings. The van der Waals surface area contributed by atoms with E-state index in [4.69, 9.17) is 4.74 Å². The molecule has 3 aromatic rings. The molecule has 0 heterocycles. The zero-order valence-corrected chi connectivity index (χ0v) is 15.0. The molecule has 0 aliphatic rings. The van der Waals surface area contributed by atoms with Gasteiger partial charge in [0.25, 0.3) is 0 Å². The number of para-hydroxylation sites is 1. The Bertz CT molecular complexity index is 776. The molecular formula is C22H22OS. The zero-order chi connectivity index (χ0) is 16.8. The Morgan fingerprint density at radius 1 is 0.750 bits per heavy atom. The molecule has 0 N–H and O–H groups in total. The quantitative estimate of drug-likeness (QED) is 0.498. The predicted octanol–water partition coefficient (Wildman–Crippen LogP) is 6.17. The average molecular weight is 334 g/mol. The van der Waals surface area contributed by atoms with Crippen LogP contribution in [0.4, 0.5) is 0 Å². The second-order valence-corrected chi connectivity index (χ2v) is 6.98. The van der Waals surface area contributed by atoms with Gasteiger partial charge >= 0.3 is 0 Å². The van der Waals surface area contributed by atoms with E-state index in [0.29, 0.717) is 6.61 Å². The summed E-state index contributed by atoms with van der Waals surface area (Å²) in [5.74, 6) is 1.97. The first-order valence-corrected chi connectivity index (χ1v) is 9.15. The Balaban J connectivity index is 1.63. The van der Waals surface area contributed by atoms with Gasteiger partial charge in [-0.15, -0.1) is 11.8 Å². The van der Waals surface area contributed by atoms with Gasteiger partial charge in [0.05, 0.1) is 0 Å². The minimum atomic E-state index is 0.607. The highest BCUT2D eigenvalue weighted by atomic mass is 32.2. The SMILES string of the molecule is Cc1cccc(C)c1OCc1cccc(CSc2ccccc2)c1. The number of ether oxygens (including phenoxy) is 1. The molecule has 3 aromatic carbocycles. The lowest BCUT2D eigenvalue weighted by Gasteiger charge is -2.12. The third-order valence-corrected chi connectivity index (χ3v) is 5.02. The molecule has 0 atom stereocenters. The molecule has 0 saturated heterocycles. The van der Waals surface area contributed by atoms with Crippen LogP contribution in [0.3, 0.4) is 0 Å². The van der Waals surface area contributed by atoms with Crippen LogP contribution in [0, 0.1) is 13.8 Å².